The number of nitrogens with zero attached hydrogens (tertiary/aromatic N) is 3. The van der Waals surface area contributed by atoms with Crippen molar-refractivity contribution in [1.82, 2.24) is 9.88 Å². The summed E-state index contributed by atoms with van der Waals surface area (Å²) in [6.07, 6.45) is 1.66. The number of hydrogen-bond acceptors (Lipinski definition) is 5. The molecular weight excluding hydrogens is 250 g/mol. The van der Waals surface area contributed by atoms with Gasteiger partial charge < -0.3 is 19.5 Å². The van der Waals surface area contributed by atoms with Crippen LogP contribution < -0.4 is 4.74 Å². The van der Waals surface area contributed by atoms with E-state index in [0.717, 1.165) is 0 Å². The van der Waals surface area contributed by atoms with Gasteiger partial charge >= 0.3 is 6.09 Å². The number of morpholine rings is 1. The molecule has 1 N–H and O–H groups in total. The second-order valence-electron chi connectivity index (χ2n) is 4.02. The van der Waals surface area contributed by atoms with Gasteiger partial charge in [0.2, 0.25) is 0 Å². The molecule has 1 atom stereocenters. The summed E-state index contributed by atoms with van der Waals surface area (Å²) >= 11 is 0. The van der Waals surface area contributed by atoms with Crippen LogP contribution in [-0.4, -0.2) is 53.5 Å². The molecule has 0 aliphatic carbocycles. The Morgan fingerprint density at radius 2 is 2.58 bits per heavy atom. The van der Waals surface area contributed by atoms with E-state index in [2.05, 4.69) is 4.98 Å². The molecule has 1 aliphatic rings. The van der Waals surface area contributed by atoms with E-state index in [0.29, 0.717) is 24.5 Å². The molecule has 1 amide bonds. The van der Waals surface area contributed by atoms with Crippen LogP contribution >= 0.6 is 0 Å². The number of rotatable bonds is 3. The first kappa shape index (κ1) is 13.1. The van der Waals surface area contributed by atoms with E-state index < -0.39 is 6.09 Å². The van der Waals surface area contributed by atoms with Crippen LogP contribution in [0.5, 0.6) is 5.75 Å². The second-order valence-corrected chi connectivity index (χ2v) is 4.02. The third-order valence-corrected chi connectivity index (χ3v) is 2.74. The minimum absolute atomic E-state index is 0.185. The molecule has 7 heteroatoms. The topological polar surface area (TPSA) is 95.7 Å². The van der Waals surface area contributed by atoms with Crippen molar-refractivity contribution >= 4 is 6.09 Å². The Hall–Kier alpha value is -2.33. The molecule has 0 spiro atoms. The van der Waals surface area contributed by atoms with Crippen LogP contribution in [0, 0.1) is 11.3 Å². The minimum atomic E-state index is -0.965. The maximum atomic E-state index is 10.9. The molecule has 1 aromatic heterocycles. The molecule has 7 nitrogen and oxygen atoms in total. The number of carbonyl (C=O) groups is 1. The van der Waals surface area contributed by atoms with Crippen molar-refractivity contribution in [3.05, 3.63) is 24.0 Å². The maximum Gasteiger partial charge on any atom is 0.407 e. The van der Waals surface area contributed by atoms with Gasteiger partial charge in [0, 0.05) is 12.7 Å². The molecule has 100 valence electrons. The number of nitriles is 1. The summed E-state index contributed by atoms with van der Waals surface area (Å²) in [7, 11) is 0. The van der Waals surface area contributed by atoms with Gasteiger partial charge in [-0.1, -0.05) is 0 Å². The van der Waals surface area contributed by atoms with E-state index in [1.54, 1.807) is 6.07 Å². The highest BCUT2D eigenvalue weighted by Gasteiger charge is 2.24. The summed E-state index contributed by atoms with van der Waals surface area (Å²) in [4.78, 5) is 16.0. The van der Waals surface area contributed by atoms with Crippen molar-refractivity contribution in [3.63, 3.8) is 0 Å². The highest BCUT2D eigenvalue weighted by atomic mass is 16.5. The lowest BCUT2D eigenvalue weighted by Gasteiger charge is -2.30. The van der Waals surface area contributed by atoms with Crippen LogP contribution in [0.4, 0.5) is 4.79 Å². The molecule has 2 heterocycles. The average molecular weight is 263 g/mol. The number of aromatic nitrogens is 1. The predicted octanol–water partition coefficient (Wildman–Crippen LogP) is 0.711. The molecule has 0 aromatic carbocycles. The van der Waals surface area contributed by atoms with E-state index in [9.17, 15) is 4.79 Å². The second kappa shape index (κ2) is 6.02. The fourth-order valence-corrected chi connectivity index (χ4v) is 1.76. The van der Waals surface area contributed by atoms with Gasteiger partial charge in [0.1, 0.15) is 18.8 Å². The summed E-state index contributed by atoms with van der Waals surface area (Å²) in [6, 6.07) is 3.56. The lowest BCUT2D eigenvalue weighted by molar-refractivity contribution is -0.0412. The first-order valence-electron chi connectivity index (χ1n) is 5.77. The van der Waals surface area contributed by atoms with Crippen molar-refractivity contribution < 1.29 is 19.4 Å². The molecule has 1 fully saturated rings. The Kier molecular flexibility index (Phi) is 4.15. The fourth-order valence-electron chi connectivity index (χ4n) is 1.76. The summed E-state index contributed by atoms with van der Waals surface area (Å²) in [5.41, 5.74) is 0.390. The zero-order valence-electron chi connectivity index (χ0n) is 10.2. The summed E-state index contributed by atoms with van der Waals surface area (Å²) in [5.74, 6) is 0.376. The van der Waals surface area contributed by atoms with E-state index in [1.807, 2.05) is 6.07 Å². The molecule has 0 saturated carbocycles. The Morgan fingerprint density at radius 1 is 1.74 bits per heavy atom. The van der Waals surface area contributed by atoms with Gasteiger partial charge in [0.25, 0.3) is 0 Å². The van der Waals surface area contributed by atoms with Gasteiger partial charge in [-0.25, -0.2) is 4.79 Å². The summed E-state index contributed by atoms with van der Waals surface area (Å²) in [5, 5.41) is 17.8. The van der Waals surface area contributed by atoms with Crippen molar-refractivity contribution in [2.45, 2.75) is 6.10 Å². The van der Waals surface area contributed by atoms with Gasteiger partial charge in [-0.3, -0.25) is 4.98 Å². The minimum Gasteiger partial charge on any atom is -0.488 e. The van der Waals surface area contributed by atoms with Crippen LogP contribution in [-0.2, 0) is 4.74 Å². The maximum absolute atomic E-state index is 10.9. The lowest BCUT2D eigenvalue weighted by Crippen LogP contribution is -2.47. The molecule has 2 rings (SSSR count). The van der Waals surface area contributed by atoms with Gasteiger partial charge in [0.05, 0.1) is 24.9 Å². The predicted molar refractivity (Wildman–Crippen MR) is 63.8 cm³/mol. The number of hydrogen-bond donors (Lipinski definition) is 1. The quantitative estimate of drug-likeness (QED) is 0.862. The van der Waals surface area contributed by atoms with E-state index in [-0.39, 0.29) is 19.3 Å². The Morgan fingerprint density at radius 3 is 3.32 bits per heavy atom. The van der Waals surface area contributed by atoms with Gasteiger partial charge in [-0.05, 0) is 6.07 Å². The molecule has 0 radical (unpaired) electrons. The molecule has 19 heavy (non-hydrogen) atoms. The van der Waals surface area contributed by atoms with Crippen molar-refractivity contribution in [2.75, 3.05) is 26.3 Å². The number of pyridine rings is 1. The van der Waals surface area contributed by atoms with Crippen molar-refractivity contribution in [3.8, 4) is 11.8 Å². The zero-order valence-corrected chi connectivity index (χ0v) is 10.2. The highest BCUT2D eigenvalue weighted by molar-refractivity contribution is 5.65. The summed E-state index contributed by atoms with van der Waals surface area (Å²) in [6.45, 7) is 1.16. The van der Waals surface area contributed by atoms with Gasteiger partial charge in [-0.15, -0.1) is 0 Å². The van der Waals surface area contributed by atoms with Gasteiger partial charge in [0.15, 0.2) is 5.75 Å². The van der Waals surface area contributed by atoms with Crippen molar-refractivity contribution in [2.24, 2.45) is 0 Å². The first-order valence-corrected chi connectivity index (χ1v) is 5.77. The monoisotopic (exact) mass is 263 g/mol. The number of amides is 1. The molecule has 1 aliphatic heterocycles. The third kappa shape index (κ3) is 3.33. The standard InChI is InChI=1S/C12H13N3O4/c13-5-9-1-2-14-6-11(9)19-8-10-7-15(12(16)17)3-4-18-10/h1-2,6,10H,3-4,7-8H2,(H,16,17)/t10-/m0/s1. The first-order chi connectivity index (χ1) is 9.20. The van der Waals surface area contributed by atoms with Crippen LogP contribution in [0.25, 0.3) is 0 Å². The molecule has 0 bridgehead atoms. The SMILES string of the molecule is N#Cc1ccncc1OC[C@@H]1CN(C(=O)O)CCO1. The van der Waals surface area contributed by atoms with Crippen LogP contribution in [0.2, 0.25) is 0 Å². The van der Waals surface area contributed by atoms with Gasteiger partial charge in [-0.2, -0.15) is 5.26 Å². The number of carboxylic acid groups (broad SMARTS) is 1. The van der Waals surface area contributed by atoms with E-state index in [1.165, 1.54) is 17.3 Å². The van der Waals surface area contributed by atoms with Crippen molar-refractivity contribution in [1.29, 1.82) is 5.26 Å². The Bertz CT molecular complexity index is 500. The molecule has 1 aromatic rings. The summed E-state index contributed by atoms with van der Waals surface area (Å²) < 4.78 is 10.9. The number of ether oxygens (including phenoxy) is 2. The largest absolute Gasteiger partial charge is 0.488 e. The Balaban J connectivity index is 1.92. The van der Waals surface area contributed by atoms with E-state index >= 15 is 0 Å². The van der Waals surface area contributed by atoms with Crippen LogP contribution in [0.1, 0.15) is 5.56 Å². The fraction of sp³-hybridized carbons (Fsp3) is 0.417. The zero-order chi connectivity index (χ0) is 13.7. The van der Waals surface area contributed by atoms with Crippen LogP contribution in [0.3, 0.4) is 0 Å². The highest BCUT2D eigenvalue weighted by Crippen LogP contribution is 2.16. The molecule has 1 saturated heterocycles. The average Bonchev–Trinajstić information content (AvgIpc) is 2.45. The molecule has 0 unspecified atom stereocenters. The molecular formula is C12H13N3O4. The van der Waals surface area contributed by atoms with Crippen LogP contribution in [0.15, 0.2) is 18.5 Å². The van der Waals surface area contributed by atoms with E-state index in [4.69, 9.17) is 19.8 Å². The third-order valence-electron chi connectivity index (χ3n) is 2.74. The lowest BCUT2D eigenvalue weighted by atomic mass is 10.2. The Labute approximate surface area is 110 Å². The normalized spacial score (nSPS) is 18.7. The smallest absolute Gasteiger partial charge is 0.407 e.